The van der Waals surface area contributed by atoms with Crippen molar-refractivity contribution in [2.75, 3.05) is 0 Å². The first-order valence-electron chi connectivity index (χ1n) is 34.5. The monoisotopic (exact) mass is 1300 g/mol. The SMILES string of the molecule is c1ccc(-c2cc(-c3ccccc3)nc(-c3cc(-n4c5ccc(-c6ccc7c(c6)oc6ccccc67)cc5c5cc(-c6ccc7c(c6)oc6ccccc67)ccc54)cc(-n4c5ccc(-c6ccc7c(c6)oc6ccccc67)cc5c5cc(-c6ccc7c(c6)oc6ccccc67)ccc54)c3)n2)cc1. The summed E-state index contributed by atoms with van der Waals surface area (Å²) in [7, 11) is 0. The summed E-state index contributed by atoms with van der Waals surface area (Å²) in [5.74, 6) is 0.595. The molecule has 0 N–H and O–H groups in total. The molecule has 8 nitrogen and oxygen atoms in total. The molecule has 0 unspecified atom stereocenters. The van der Waals surface area contributed by atoms with Crippen molar-refractivity contribution in [1.82, 2.24) is 19.1 Å². The van der Waals surface area contributed by atoms with Crippen molar-refractivity contribution >= 4 is 131 Å². The Morgan fingerprint density at radius 2 is 0.441 bits per heavy atom. The molecule has 7 aromatic heterocycles. The van der Waals surface area contributed by atoms with Gasteiger partial charge in [-0.15, -0.1) is 0 Å². The summed E-state index contributed by atoms with van der Waals surface area (Å²) >= 11 is 0. The van der Waals surface area contributed by atoms with Gasteiger partial charge in [0.25, 0.3) is 0 Å². The van der Waals surface area contributed by atoms with E-state index in [0.29, 0.717) is 5.82 Å². The second kappa shape index (κ2) is 21.8. The Bertz CT molecular complexity index is 6500. The summed E-state index contributed by atoms with van der Waals surface area (Å²) in [4.78, 5) is 11.1. The lowest BCUT2D eigenvalue weighted by Crippen LogP contribution is -2.02. The fourth-order valence-electron chi connectivity index (χ4n) is 16.0. The van der Waals surface area contributed by atoms with Crippen LogP contribution in [0.5, 0.6) is 0 Å². The van der Waals surface area contributed by atoms with Gasteiger partial charge in [-0.3, -0.25) is 0 Å². The zero-order valence-electron chi connectivity index (χ0n) is 54.6. The standard InChI is InChI=1S/C94H54N4O4/c1-3-15-55(16-4-1)80-54-81(56-17-5-2-6-18-56)96-94(95-80)65-43-66(97-82-39-31-57(61-27-35-72-68-19-7-11-23-86(68)99-90(72)49-61)45-76(82)77-46-58(32-40-83(77)97)62-28-36-73-69-20-8-12-24-87(69)100-91(73)50-62)53-67(44-65)98-84-41-33-59(63-29-37-74-70-21-9-13-25-88(70)101-92(74)51-63)47-78(84)79-48-60(34-42-85(79)98)64-30-38-75-71-22-10-14-26-89(71)102-93(75)52-64/h1-54H. The van der Waals surface area contributed by atoms with Crippen molar-refractivity contribution in [1.29, 1.82) is 0 Å². The van der Waals surface area contributed by atoms with Crippen LogP contribution < -0.4 is 0 Å². The number of nitrogens with zero attached hydrogens (tertiary/aromatic N) is 4. The van der Waals surface area contributed by atoms with Crippen LogP contribution in [-0.4, -0.2) is 19.1 Å². The van der Waals surface area contributed by atoms with Crippen LogP contribution in [0, 0.1) is 0 Å². The number of hydrogen-bond acceptors (Lipinski definition) is 6. The predicted molar refractivity (Wildman–Crippen MR) is 418 cm³/mol. The Balaban J connectivity index is 0.799. The minimum absolute atomic E-state index is 0.595. The molecule has 0 aliphatic heterocycles. The van der Waals surface area contributed by atoms with E-state index in [4.69, 9.17) is 27.6 Å². The maximum atomic E-state index is 6.52. The predicted octanol–water partition coefficient (Wildman–Crippen LogP) is 25.9. The molecule has 0 bridgehead atoms. The van der Waals surface area contributed by atoms with Gasteiger partial charge in [0.05, 0.1) is 33.5 Å². The molecule has 0 radical (unpaired) electrons. The summed E-state index contributed by atoms with van der Waals surface area (Å²) in [5.41, 5.74) is 25.9. The van der Waals surface area contributed by atoms with E-state index in [2.05, 4.69) is 276 Å². The highest BCUT2D eigenvalue weighted by Gasteiger charge is 2.24. The van der Waals surface area contributed by atoms with Gasteiger partial charge in [-0.25, -0.2) is 9.97 Å². The molecule has 0 fully saturated rings. The quantitative estimate of drug-likeness (QED) is 0.143. The third-order valence-corrected chi connectivity index (χ3v) is 20.9. The molecule has 22 aromatic rings. The molecule has 15 aromatic carbocycles. The minimum Gasteiger partial charge on any atom is -0.456 e. The van der Waals surface area contributed by atoms with E-state index in [-0.39, 0.29) is 0 Å². The van der Waals surface area contributed by atoms with Gasteiger partial charge in [0, 0.05) is 92.7 Å². The molecule has 0 aliphatic carbocycles. The molecular weight excluding hydrogens is 1250 g/mol. The van der Waals surface area contributed by atoms with Crippen molar-refractivity contribution in [2.24, 2.45) is 0 Å². The highest BCUT2D eigenvalue weighted by molar-refractivity contribution is 6.16. The number of furan rings is 4. The van der Waals surface area contributed by atoms with E-state index in [1.807, 2.05) is 60.7 Å². The Morgan fingerprint density at radius 1 is 0.176 bits per heavy atom. The third kappa shape index (κ3) is 8.83. The number of aromatic nitrogens is 4. The van der Waals surface area contributed by atoms with E-state index < -0.39 is 0 Å². The zero-order valence-corrected chi connectivity index (χ0v) is 54.6. The van der Waals surface area contributed by atoms with Crippen LogP contribution >= 0.6 is 0 Å². The first-order valence-corrected chi connectivity index (χ1v) is 34.5. The highest BCUT2D eigenvalue weighted by Crippen LogP contribution is 2.45. The van der Waals surface area contributed by atoms with Crippen LogP contribution in [0.4, 0.5) is 0 Å². The van der Waals surface area contributed by atoms with Crippen molar-refractivity contribution in [3.63, 3.8) is 0 Å². The molecule has 102 heavy (non-hydrogen) atoms. The molecule has 0 saturated carbocycles. The van der Waals surface area contributed by atoms with E-state index in [0.717, 1.165) is 215 Å². The molecule has 22 rings (SSSR count). The lowest BCUT2D eigenvalue weighted by molar-refractivity contribution is 0.668. The molecule has 8 heteroatoms. The van der Waals surface area contributed by atoms with Gasteiger partial charge >= 0.3 is 0 Å². The van der Waals surface area contributed by atoms with E-state index >= 15 is 0 Å². The van der Waals surface area contributed by atoms with Gasteiger partial charge in [-0.1, -0.05) is 182 Å². The summed E-state index contributed by atoms with van der Waals surface area (Å²) in [6.45, 7) is 0. The van der Waals surface area contributed by atoms with Crippen LogP contribution in [0.25, 0.3) is 221 Å². The highest BCUT2D eigenvalue weighted by atomic mass is 16.3. The van der Waals surface area contributed by atoms with E-state index in [1.165, 1.54) is 0 Å². The maximum Gasteiger partial charge on any atom is 0.160 e. The van der Waals surface area contributed by atoms with Crippen LogP contribution in [0.3, 0.4) is 0 Å². The minimum atomic E-state index is 0.595. The van der Waals surface area contributed by atoms with Crippen LogP contribution in [0.2, 0.25) is 0 Å². The molecule has 474 valence electrons. The van der Waals surface area contributed by atoms with Crippen molar-refractivity contribution in [2.45, 2.75) is 0 Å². The number of hydrogen-bond donors (Lipinski definition) is 0. The Morgan fingerprint density at radius 3 is 0.755 bits per heavy atom. The normalized spacial score (nSPS) is 12.1. The van der Waals surface area contributed by atoms with Gasteiger partial charge in [-0.05, 0) is 190 Å². The topological polar surface area (TPSA) is 88.2 Å². The number of fused-ring (bicyclic) bond motifs is 18. The van der Waals surface area contributed by atoms with Crippen molar-refractivity contribution < 1.29 is 17.7 Å². The maximum absolute atomic E-state index is 6.52. The molecule has 7 heterocycles. The summed E-state index contributed by atoms with van der Waals surface area (Å²) in [5, 5.41) is 13.2. The molecule has 0 atom stereocenters. The van der Waals surface area contributed by atoms with Gasteiger partial charge in [0.2, 0.25) is 0 Å². The summed E-state index contributed by atoms with van der Waals surface area (Å²) in [6.07, 6.45) is 0. The summed E-state index contributed by atoms with van der Waals surface area (Å²) < 4.78 is 31.0. The molecule has 0 amide bonds. The first kappa shape index (κ1) is 56.2. The number of para-hydroxylation sites is 4. The largest absolute Gasteiger partial charge is 0.456 e. The Kier molecular flexibility index (Phi) is 12.0. The molecule has 0 spiro atoms. The molecule has 0 aliphatic rings. The fourth-order valence-corrected chi connectivity index (χ4v) is 16.0. The smallest absolute Gasteiger partial charge is 0.160 e. The number of rotatable bonds is 9. The van der Waals surface area contributed by atoms with Crippen LogP contribution in [0.15, 0.2) is 345 Å². The average Bonchev–Trinajstić information content (AvgIpc) is 1.57. The van der Waals surface area contributed by atoms with Gasteiger partial charge < -0.3 is 26.8 Å². The summed E-state index contributed by atoms with van der Waals surface area (Å²) in [6, 6.07) is 117. The molecular formula is C94H54N4O4. The van der Waals surface area contributed by atoms with Gasteiger partial charge in [0.15, 0.2) is 5.82 Å². The molecule has 0 saturated heterocycles. The second-order valence-corrected chi connectivity index (χ2v) is 26.8. The second-order valence-electron chi connectivity index (χ2n) is 26.8. The van der Waals surface area contributed by atoms with Crippen LogP contribution in [0.1, 0.15) is 0 Å². The zero-order chi connectivity index (χ0) is 66.7. The Hall–Kier alpha value is -13.8. The van der Waals surface area contributed by atoms with E-state index in [1.54, 1.807) is 0 Å². The van der Waals surface area contributed by atoms with E-state index in [9.17, 15) is 0 Å². The van der Waals surface area contributed by atoms with Crippen molar-refractivity contribution in [3.8, 4) is 89.8 Å². The van der Waals surface area contributed by atoms with Gasteiger partial charge in [0.1, 0.15) is 44.7 Å². The lowest BCUT2D eigenvalue weighted by Gasteiger charge is -2.16. The lowest BCUT2D eigenvalue weighted by atomic mass is 9.99. The number of benzene rings is 15. The average molecular weight is 1300 g/mol. The third-order valence-electron chi connectivity index (χ3n) is 20.9. The first-order chi connectivity index (χ1) is 50.5. The Labute approximate surface area is 582 Å². The fraction of sp³-hybridized carbons (Fsp3) is 0. The van der Waals surface area contributed by atoms with Gasteiger partial charge in [-0.2, -0.15) is 0 Å². The van der Waals surface area contributed by atoms with Crippen LogP contribution in [-0.2, 0) is 0 Å². The van der Waals surface area contributed by atoms with Crippen molar-refractivity contribution in [3.05, 3.63) is 328 Å².